The highest BCUT2D eigenvalue weighted by molar-refractivity contribution is 5.94. The Morgan fingerprint density at radius 3 is 2.81 bits per heavy atom. The first kappa shape index (κ1) is 13.3. The number of nitrogens with one attached hydrogen (secondary N) is 1. The van der Waals surface area contributed by atoms with Crippen molar-refractivity contribution in [3.8, 4) is 0 Å². The number of nitrogens with two attached hydrogens (primary N) is 1. The molecule has 0 aliphatic heterocycles. The topological polar surface area (TPSA) is 98.2 Å². The number of anilines is 1. The molecule has 1 aromatic carbocycles. The molecule has 1 amide bonds. The molecule has 0 radical (unpaired) electrons. The molecule has 21 heavy (non-hydrogen) atoms. The Hall–Kier alpha value is -2.70. The molecule has 0 saturated heterocycles. The first-order valence-electron chi connectivity index (χ1n) is 6.73. The van der Waals surface area contributed by atoms with Gasteiger partial charge in [-0.3, -0.25) is 4.79 Å². The number of amides is 1. The molecule has 2 aromatic heterocycles. The van der Waals surface area contributed by atoms with E-state index in [4.69, 9.17) is 5.73 Å². The number of hydrogen-bond acceptors (Lipinski definition) is 5. The number of nitrogens with zero attached hydrogens (tertiary/aromatic N) is 4. The molecule has 1 atom stereocenters. The predicted molar refractivity (Wildman–Crippen MR) is 79.7 cm³/mol. The van der Waals surface area contributed by atoms with Crippen LogP contribution in [0.1, 0.15) is 13.8 Å². The van der Waals surface area contributed by atoms with Gasteiger partial charge in [0.15, 0.2) is 0 Å². The van der Waals surface area contributed by atoms with Gasteiger partial charge >= 0.3 is 0 Å². The molecule has 0 fully saturated rings. The normalized spacial score (nSPS) is 12.9. The maximum atomic E-state index is 11.6. The molecule has 0 spiro atoms. The van der Waals surface area contributed by atoms with Crippen LogP contribution in [0.3, 0.4) is 0 Å². The van der Waals surface area contributed by atoms with E-state index in [-0.39, 0.29) is 5.92 Å². The fraction of sp³-hybridized carbons (Fsp3) is 0.286. The Balaban J connectivity index is 2.16. The van der Waals surface area contributed by atoms with Crippen LogP contribution in [0.15, 0.2) is 30.5 Å². The summed E-state index contributed by atoms with van der Waals surface area (Å²) in [4.78, 5) is 16.1. The van der Waals surface area contributed by atoms with Crippen LogP contribution in [0.2, 0.25) is 0 Å². The summed E-state index contributed by atoms with van der Waals surface area (Å²) >= 11 is 0. The average Bonchev–Trinajstić information content (AvgIpc) is 2.93. The Labute approximate surface area is 121 Å². The standard InChI is InChI=1S/C14H16N6O/c1-8(2)12(13(15)21)18-14-17-10-6-4-3-5-9(10)11-7-16-19-20(11)14/h3-8,12H,1-2H3,(H2,15,21)(H,17,18)/t12-/m1/s1. The molecule has 2 heterocycles. The van der Waals surface area contributed by atoms with E-state index in [1.165, 1.54) is 0 Å². The first-order chi connectivity index (χ1) is 10.1. The highest BCUT2D eigenvalue weighted by Crippen LogP contribution is 2.21. The SMILES string of the molecule is CC(C)[C@@H](Nc1nc2ccccc2c2cnnn12)C(N)=O. The third-order valence-corrected chi connectivity index (χ3v) is 3.41. The summed E-state index contributed by atoms with van der Waals surface area (Å²) in [5.41, 5.74) is 7.08. The Morgan fingerprint density at radius 2 is 2.10 bits per heavy atom. The predicted octanol–water partition coefficient (Wildman–Crippen LogP) is 1.20. The number of primary amides is 1. The summed E-state index contributed by atoms with van der Waals surface area (Å²) in [5.74, 6) is 0.0706. The number of fused-ring (bicyclic) bond motifs is 3. The molecule has 0 saturated carbocycles. The summed E-state index contributed by atoms with van der Waals surface area (Å²) in [6, 6.07) is 7.19. The lowest BCUT2D eigenvalue weighted by molar-refractivity contribution is -0.119. The van der Waals surface area contributed by atoms with Crippen LogP contribution in [0.25, 0.3) is 16.4 Å². The van der Waals surface area contributed by atoms with Gasteiger partial charge in [-0.15, -0.1) is 5.10 Å². The van der Waals surface area contributed by atoms with Gasteiger partial charge in [0.2, 0.25) is 11.9 Å². The number of hydrogen-bond donors (Lipinski definition) is 2. The van der Waals surface area contributed by atoms with E-state index in [2.05, 4.69) is 20.6 Å². The number of aromatic nitrogens is 4. The smallest absolute Gasteiger partial charge is 0.240 e. The number of rotatable bonds is 4. The quantitative estimate of drug-likeness (QED) is 0.750. The summed E-state index contributed by atoms with van der Waals surface area (Å²) in [6.07, 6.45) is 1.67. The second kappa shape index (κ2) is 5.01. The number of benzene rings is 1. The van der Waals surface area contributed by atoms with Gasteiger partial charge in [0.1, 0.15) is 6.04 Å². The minimum absolute atomic E-state index is 0.0364. The summed E-state index contributed by atoms with van der Waals surface area (Å²) in [7, 11) is 0. The third kappa shape index (κ3) is 2.26. The molecular weight excluding hydrogens is 268 g/mol. The number of carbonyl (C=O) groups is 1. The maximum Gasteiger partial charge on any atom is 0.240 e. The van der Waals surface area contributed by atoms with Gasteiger partial charge in [-0.05, 0) is 12.0 Å². The zero-order chi connectivity index (χ0) is 15.0. The number of para-hydroxylation sites is 1. The van der Waals surface area contributed by atoms with E-state index < -0.39 is 11.9 Å². The van der Waals surface area contributed by atoms with E-state index >= 15 is 0 Å². The second-order valence-corrected chi connectivity index (χ2v) is 5.25. The van der Waals surface area contributed by atoms with Crippen LogP contribution in [0.5, 0.6) is 0 Å². The minimum Gasteiger partial charge on any atom is -0.368 e. The summed E-state index contributed by atoms with van der Waals surface area (Å²) in [5, 5.41) is 12.0. The molecule has 0 aliphatic rings. The molecule has 7 nitrogen and oxygen atoms in total. The molecule has 108 valence electrons. The van der Waals surface area contributed by atoms with E-state index in [0.717, 1.165) is 16.4 Å². The highest BCUT2D eigenvalue weighted by Gasteiger charge is 2.21. The van der Waals surface area contributed by atoms with Crippen molar-refractivity contribution in [2.24, 2.45) is 11.7 Å². The van der Waals surface area contributed by atoms with Gasteiger partial charge < -0.3 is 11.1 Å². The van der Waals surface area contributed by atoms with Crippen molar-refractivity contribution in [1.29, 1.82) is 0 Å². The first-order valence-corrected chi connectivity index (χ1v) is 6.73. The zero-order valence-electron chi connectivity index (χ0n) is 11.8. The van der Waals surface area contributed by atoms with Gasteiger partial charge in [0.25, 0.3) is 0 Å². The second-order valence-electron chi connectivity index (χ2n) is 5.25. The van der Waals surface area contributed by atoms with Crippen molar-refractivity contribution in [3.05, 3.63) is 30.5 Å². The van der Waals surface area contributed by atoms with Crippen molar-refractivity contribution in [2.45, 2.75) is 19.9 Å². The van der Waals surface area contributed by atoms with Gasteiger partial charge in [-0.25, -0.2) is 4.98 Å². The van der Waals surface area contributed by atoms with Crippen LogP contribution in [-0.4, -0.2) is 31.8 Å². The van der Waals surface area contributed by atoms with Crippen LogP contribution in [0.4, 0.5) is 5.95 Å². The van der Waals surface area contributed by atoms with Gasteiger partial charge in [-0.2, -0.15) is 4.52 Å². The van der Waals surface area contributed by atoms with Gasteiger partial charge in [-0.1, -0.05) is 37.3 Å². The molecule has 0 aliphatic carbocycles. The largest absolute Gasteiger partial charge is 0.368 e. The van der Waals surface area contributed by atoms with Crippen LogP contribution < -0.4 is 11.1 Å². The molecule has 3 aromatic rings. The molecule has 3 rings (SSSR count). The molecule has 7 heteroatoms. The van der Waals surface area contributed by atoms with Crippen LogP contribution in [-0.2, 0) is 4.79 Å². The summed E-state index contributed by atoms with van der Waals surface area (Å²) in [6.45, 7) is 3.84. The lowest BCUT2D eigenvalue weighted by Crippen LogP contribution is -2.40. The van der Waals surface area contributed by atoms with Crippen LogP contribution in [0, 0.1) is 5.92 Å². The lowest BCUT2D eigenvalue weighted by atomic mass is 10.0. The van der Waals surface area contributed by atoms with Gasteiger partial charge in [0.05, 0.1) is 17.2 Å². The van der Waals surface area contributed by atoms with Crippen molar-refractivity contribution >= 4 is 28.3 Å². The third-order valence-electron chi connectivity index (χ3n) is 3.41. The molecular formula is C14H16N6O. The van der Waals surface area contributed by atoms with E-state index in [1.54, 1.807) is 10.7 Å². The summed E-state index contributed by atoms with van der Waals surface area (Å²) < 4.78 is 1.58. The Morgan fingerprint density at radius 1 is 1.33 bits per heavy atom. The Kier molecular flexibility index (Phi) is 3.17. The van der Waals surface area contributed by atoms with Crippen molar-refractivity contribution < 1.29 is 4.79 Å². The zero-order valence-corrected chi connectivity index (χ0v) is 11.8. The molecule has 0 bridgehead atoms. The maximum absolute atomic E-state index is 11.6. The average molecular weight is 284 g/mol. The fourth-order valence-electron chi connectivity index (χ4n) is 2.32. The van der Waals surface area contributed by atoms with E-state index in [0.29, 0.717) is 5.95 Å². The van der Waals surface area contributed by atoms with Crippen LogP contribution >= 0.6 is 0 Å². The lowest BCUT2D eigenvalue weighted by Gasteiger charge is -2.19. The minimum atomic E-state index is -0.522. The van der Waals surface area contributed by atoms with Crippen molar-refractivity contribution in [1.82, 2.24) is 19.8 Å². The van der Waals surface area contributed by atoms with E-state index in [1.807, 2.05) is 38.1 Å². The van der Waals surface area contributed by atoms with Crippen molar-refractivity contribution in [3.63, 3.8) is 0 Å². The number of carbonyl (C=O) groups excluding carboxylic acids is 1. The Bertz CT molecular complexity index is 809. The van der Waals surface area contributed by atoms with Gasteiger partial charge in [0, 0.05) is 5.39 Å². The molecule has 0 unspecified atom stereocenters. The van der Waals surface area contributed by atoms with E-state index in [9.17, 15) is 4.79 Å². The fourth-order valence-corrected chi connectivity index (χ4v) is 2.32. The molecule has 3 N–H and O–H groups in total. The van der Waals surface area contributed by atoms with Crippen molar-refractivity contribution in [2.75, 3.05) is 5.32 Å². The monoisotopic (exact) mass is 284 g/mol. The highest BCUT2D eigenvalue weighted by atomic mass is 16.1.